The third-order valence-electron chi connectivity index (χ3n) is 3.89. The van der Waals surface area contributed by atoms with Crippen LogP contribution in [0.15, 0.2) is 48.5 Å². The summed E-state index contributed by atoms with van der Waals surface area (Å²) >= 11 is 5.84. The molecule has 128 valence electrons. The SMILES string of the molecule is CC(Cc1ccc(Cl)cc1)N(C)C(=O)c1ccc(C(F)(F)F)cc1. The molecule has 0 N–H and O–H groups in total. The number of halogens is 4. The number of amides is 1. The first-order valence-electron chi connectivity index (χ1n) is 7.37. The standard InChI is InChI=1S/C18H17ClF3NO/c1-12(11-13-3-9-16(19)10-4-13)23(2)17(24)14-5-7-15(8-6-14)18(20,21)22/h3-10,12H,11H2,1-2H3. The maximum absolute atomic E-state index is 12.6. The van der Waals surface area contributed by atoms with Crippen molar-refractivity contribution in [3.05, 3.63) is 70.2 Å². The molecule has 0 heterocycles. The maximum atomic E-state index is 12.6. The summed E-state index contributed by atoms with van der Waals surface area (Å²) in [5.74, 6) is -0.315. The molecular weight excluding hydrogens is 339 g/mol. The van der Waals surface area contributed by atoms with Gasteiger partial charge in [-0.2, -0.15) is 13.2 Å². The van der Waals surface area contributed by atoms with Crippen molar-refractivity contribution < 1.29 is 18.0 Å². The minimum absolute atomic E-state index is 0.110. The molecule has 1 unspecified atom stereocenters. The summed E-state index contributed by atoms with van der Waals surface area (Å²) in [6.07, 6.45) is -3.78. The molecule has 0 saturated carbocycles. The first-order chi connectivity index (χ1) is 11.2. The van der Waals surface area contributed by atoms with Gasteiger partial charge in [0.25, 0.3) is 5.91 Å². The summed E-state index contributed by atoms with van der Waals surface area (Å²) in [7, 11) is 1.64. The Balaban J connectivity index is 2.06. The van der Waals surface area contributed by atoms with Crippen molar-refractivity contribution in [1.29, 1.82) is 0 Å². The van der Waals surface area contributed by atoms with Gasteiger partial charge in [-0.05, 0) is 55.3 Å². The van der Waals surface area contributed by atoms with Crippen molar-refractivity contribution in [3.63, 3.8) is 0 Å². The number of nitrogens with zero attached hydrogens (tertiary/aromatic N) is 1. The number of carbonyl (C=O) groups is 1. The third-order valence-corrected chi connectivity index (χ3v) is 4.14. The predicted molar refractivity (Wildman–Crippen MR) is 88.2 cm³/mol. The Morgan fingerprint density at radius 1 is 1.08 bits per heavy atom. The zero-order valence-corrected chi connectivity index (χ0v) is 14.0. The molecule has 0 aliphatic heterocycles. The van der Waals surface area contributed by atoms with Crippen LogP contribution in [-0.4, -0.2) is 23.9 Å². The molecule has 2 rings (SSSR count). The Hall–Kier alpha value is -2.01. The Bertz CT molecular complexity index is 696. The van der Waals surface area contributed by atoms with Gasteiger partial charge in [-0.15, -0.1) is 0 Å². The summed E-state index contributed by atoms with van der Waals surface area (Å²) in [5, 5.41) is 0.639. The molecule has 0 spiro atoms. The molecule has 0 aliphatic carbocycles. The fraction of sp³-hybridized carbons (Fsp3) is 0.278. The van der Waals surface area contributed by atoms with Gasteiger partial charge in [0.15, 0.2) is 0 Å². The molecule has 2 nitrogen and oxygen atoms in total. The van der Waals surface area contributed by atoms with E-state index in [0.717, 1.165) is 17.7 Å². The zero-order chi connectivity index (χ0) is 17.9. The lowest BCUT2D eigenvalue weighted by Gasteiger charge is -2.25. The van der Waals surface area contributed by atoms with Crippen molar-refractivity contribution in [3.8, 4) is 0 Å². The Morgan fingerprint density at radius 2 is 1.62 bits per heavy atom. The monoisotopic (exact) mass is 355 g/mol. The van der Waals surface area contributed by atoms with Crippen molar-refractivity contribution in [2.45, 2.75) is 25.6 Å². The average molecular weight is 356 g/mol. The summed E-state index contributed by atoms with van der Waals surface area (Å²) in [5.41, 5.74) is 0.489. The predicted octanol–water partition coefficient (Wildman–Crippen LogP) is 5.06. The number of alkyl halides is 3. The molecular formula is C18H17ClF3NO. The van der Waals surface area contributed by atoms with Crippen LogP contribution >= 0.6 is 11.6 Å². The quantitative estimate of drug-likeness (QED) is 0.750. The molecule has 0 radical (unpaired) electrons. The van der Waals surface area contributed by atoms with Gasteiger partial charge in [0.2, 0.25) is 0 Å². The first-order valence-corrected chi connectivity index (χ1v) is 7.75. The van der Waals surface area contributed by atoms with E-state index < -0.39 is 11.7 Å². The number of hydrogen-bond donors (Lipinski definition) is 0. The number of hydrogen-bond acceptors (Lipinski definition) is 1. The molecule has 24 heavy (non-hydrogen) atoms. The fourth-order valence-electron chi connectivity index (χ4n) is 2.30. The van der Waals surface area contributed by atoms with E-state index >= 15 is 0 Å². The van der Waals surface area contributed by atoms with Crippen LogP contribution in [0.3, 0.4) is 0 Å². The van der Waals surface area contributed by atoms with Crippen LogP contribution in [0.25, 0.3) is 0 Å². The van der Waals surface area contributed by atoms with Crippen LogP contribution in [0, 0.1) is 0 Å². The summed E-state index contributed by atoms with van der Waals surface area (Å²) in [6, 6.07) is 11.5. The smallest absolute Gasteiger partial charge is 0.339 e. The van der Waals surface area contributed by atoms with E-state index in [-0.39, 0.29) is 17.5 Å². The Labute approximate surface area is 143 Å². The van der Waals surface area contributed by atoms with Gasteiger partial charge in [-0.25, -0.2) is 0 Å². The lowest BCUT2D eigenvalue weighted by atomic mass is 10.0. The molecule has 1 amide bonds. The molecule has 0 fully saturated rings. The van der Waals surface area contributed by atoms with Crippen LogP contribution in [0.1, 0.15) is 28.4 Å². The lowest BCUT2D eigenvalue weighted by Crippen LogP contribution is -2.36. The topological polar surface area (TPSA) is 20.3 Å². The molecule has 0 saturated heterocycles. The van der Waals surface area contributed by atoms with E-state index in [2.05, 4.69) is 0 Å². The van der Waals surface area contributed by atoms with Crippen LogP contribution in [0.5, 0.6) is 0 Å². The van der Waals surface area contributed by atoms with Gasteiger partial charge >= 0.3 is 6.18 Å². The molecule has 2 aromatic rings. The molecule has 1 atom stereocenters. The first kappa shape index (κ1) is 18.3. The average Bonchev–Trinajstić information content (AvgIpc) is 2.55. The fourth-order valence-corrected chi connectivity index (χ4v) is 2.43. The third kappa shape index (κ3) is 4.51. The van der Waals surface area contributed by atoms with Crippen LogP contribution in [0.2, 0.25) is 5.02 Å². The molecule has 0 aromatic heterocycles. The highest BCUT2D eigenvalue weighted by molar-refractivity contribution is 6.30. The van der Waals surface area contributed by atoms with Crippen LogP contribution in [-0.2, 0) is 12.6 Å². The van der Waals surface area contributed by atoms with Crippen molar-refractivity contribution in [1.82, 2.24) is 4.90 Å². The molecule has 2 aromatic carbocycles. The minimum atomic E-state index is -4.41. The number of rotatable bonds is 4. The highest BCUT2D eigenvalue weighted by Crippen LogP contribution is 2.29. The van der Waals surface area contributed by atoms with Gasteiger partial charge in [0, 0.05) is 23.7 Å². The largest absolute Gasteiger partial charge is 0.416 e. The molecule has 0 aliphatic rings. The van der Waals surface area contributed by atoms with Gasteiger partial charge in [0.05, 0.1) is 5.56 Å². The van der Waals surface area contributed by atoms with E-state index in [1.165, 1.54) is 17.0 Å². The molecule has 0 bridgehead atoms. The van der Waals surface area contributed by atoms with Crippen molar-refractivity contribution in [2.24, 2.45) is 0 Å². The van der Waals surface area contributed by atoms with Gasteiger partial charge in [-0.1, -0.05) is 23.7 Å². The van der Waals surface area contributed by atoms with Gasteiger partial charge < -0.3 is 4.90 Å². The van der Waals surface area contributed by atoms with Crippen molar-refractivity contribution >= 4 is 17.5 Å². The van der Waals surface area contributed by atoms with E-state index in [1.54, 1.807) is 19.2 Å². The van der Waals surface area contributed by atoms with Crippen LogP contribution in [0.4, 0.5) is 13.2 Å². The molecule has 6 heteroatoms. The summed E-state index contributed by atoms with van der Waals surface area (Å²) in [4.78, 5) is 13.9. The maximum Gasteiger partial charge on any atom is 0.416 e. The van der Waals surface area contributed by atoms with Crippen molar-refractivity contribution in [2.75, 3.05) is 7.05 Å². The Kier molecular flexibility index (Phi) is 5.54. The summed E-state index contributed by atoms with van der Waals surface area (Å²) in [6.45, 7) is 1.89. The normalized spacial score (nSPS) is 12.8. The second-order valence-electron chi connectivity index (χ2n) is 5.67. The number of benzene rings is 2. The number of carbonyl (C=O) groups excluding carboxylic acids is 1. The van der Waals surface area contributed by atoms with E-state index in [1.807, 2.05) is 19.1 Å². The van der Waals surface area contributed by atoms with E-state index in [9.17, 15) is 18.0 Å². The lowest BCUT2D eigenvalue weighted by molar-refractivity contribution is -0.137. The van der Waals surface area contributed by atoms with Crippen LogP contribution < -0.4 is 0 Å². The highest BCUT2D eigenvalue weighted by atomic mass is 35.5. The van der Waals surface area contributed by atoms with Gasteiger partial charge in [0.1, 0.15) is 0 Å². The minimum Gasteiger partial charge on any atom is -0.339 e. The zero-order valence-electron chi connectivity index (χ0n) is 13.3. The second-order valence-corrected chi connectivity index (χ2v) is 6.11. The number of likely N-dealkylation sites (N-methyl/N-ethyl adjacent to an activating group) is 1. The van der Waals surface area contributed by atoms with E-state index in [0.29, 0.717) is 11.4 Å². The van der Waals surface area contributed by atoms with Gasteiger partial charge in [-0.3, -0.25) is 4.79 Å². The summed E-state index contributed by atoms with van der Waals surface area (Å²) < 4.78 is 37.7. The Morgan fingerprint density at radius 3 is 2.12 bits per heavy atom. The van der Waals surface area contributed by atoms with E-state index in [4.69, 9.17) is 11.6 Å². The highest BCUT2D eigenvalue weighted by Gasteiger charge is 2.30. The second kappa shape index (κ2) is 7.26.